The molecule has 6 nitrogen and oxygen atoms in total. The van der Waals surface area contributed by atoms with Crippen LogP contribution in [0.4, 0.5) is 5.69 Å². The van der Waals surface area contributed by atoms with E-state index in [0.717, 1.165) is 18.4 Å². The van der Waals surface area contributed by atoms with Crippen LogP contribution in [0, 0.1) is 10.1 Å². The van der Waals surface area contributed by atoms with Gasteiger partial charge in [0.25, 0.3) is 5.69 Å². The summed E-state index contributed by atoms with van der Waals surface area (Å²) >= 11 is 0. The lowest BCUT2D eigenvalue weighted by molar-refractivity contribution is -0.384. The summed E-state index contributed by atoms with van der Waals surface area (Å²) in [5.74, 6) is -0.310. The van der Waals surface area contributed by atoms with Gasteiger partial charge in [0.05, 0.1) is 17.6 Å². The highest BCUT2D eigenvalue weighted by atomic mass is 16.6. The van der Waals surface area contributed by atoms with Crippen molar-refractivity contribution >= 4 is 11.7 Å². The minimum Gasteiger partial charge on any atom is -0.508 e. The molecule has 2 aromatic carbocycles. The van der Waals surface area contributed by atoms with E-state index in [1.165, 1.54) is 25.3 Å². The van der Waals surface area contributed by atoms with Crippen LogP contribution in [0.1, 0.15) is 27.9 Å². The van der Waals surface area contributed by atoms with Gasteiger partial charge in [-0.1, -0.05) is 12.1 Å². The molecule has 0 amide bonds. The van der Waals surface area contributed by atoms with E-state index in [1.807, 2.05) is 12.1 Å². The molecule has 0 aromatic heterocycles. The number of nitro groups is 1. The van der Waals surface area contributed by atoms with Gasteiger partial charge in [0.2, 0.25) is 0 Å². The van der Waals surface area contributed by atoms with E-state index in [1.54, 1.807) is 12.1 Å². The number of rotatable bonds is 6. The minimum atomic E-state index is -0.478. The Kier molecular flexibility index (Phi) is 5.30. The minimum absolute atomic E-state index is 0.0276. The lowest BCUT2D eigenvalue weighted by Gasteiger charge is -2.06. The molecule has 0 radical (unpaired) electrons. The first kappa shape index (κ1) is 16.5. The number of non-ortho nitro benzene ring substituents is 1. The Morgan fingerprint density at radius 2 is 1.87 bits per heavy atom. The third-order valence-corrected chi connectivity index (χ3v) is 3.56. The Labute approximate surface area is 133 Å². The third-order valence-electron chi connectivity index (χ3n) is 3.56. The smallest absolute Gasteiger partial charge is 0.337 e. The number of phenolic OH excluding ortho intramolecular Hbond substituents is 1. The van der Waals surface area contributed by atoms with Crippen molar-refractivity contribution in [3.63, 3.8) is 0 Å². The van der Waals surface area contributed by atoms with Crippen molar-refractivity contribution in [2.24, 2.45) is 0 Å². The quantitative estimate of drug-likeness (QED) is 0.502. The molecule has 120 valence electrons. The number of nitrogens with zero attached hydrogens (tertiary/aromatic N) is 1. The van der Waals surface area contributed by atoms with Crippen LogP contribution >= 0.6 is 0 Å². The fraction of sp³-hybridized carbons (Fsp3) is 0.235. The Bertz CT molecular complexity index is 709. The lowest BCUT2D eigenvalue weighted by atomic mass is 10.0. The van der Waals surface area contributed by atoms with Gasteiger partial charge in [-0.25, -0.2) is 4.79 Å². The number of benzene rings is 2. The standard InChI is InChI=1S/C17H17NO5/c1-23-17(20)13-7-5-12(6-8-13)3-2-4-14-11-15(18(21)22)9-10-16(14)19/h5-11,19H,2-4H2,1H3. The van der Waals surface area contributed by atoms with Gasteiger partial charge < -0.3 is 9.84 Å². The van der Waals surface area contributed by atoms with E-state index in [-0.39, 0.29) is 17.4 Å². The summed E-state index contributed by atoms with van der Waals surface area (Å²) in [6.45, 7) is 0. The zero-order valence-electron chi connectivity index (χ0n) is 12.7. The van der Waals surface area contributed by atoms with E-state index in [2.05, 4.69) is 4.74 Å². The summed E-state index contributed by atoms with van der Waals surface area (Å²) in [5.41, 5.74) is 2.07. The molecule has 0 aliphatic rings. The van der Waals surface area contributed by atoms with Crippen molar-refractivity contribution in [2.75, 3.05) is 7.11 Å². The number of hydrogen-bond acceptors (Lipinski definition) is 5. The van der Waals surface area contributed by atoms with E-state index >= 15 is 0 Å². The predicted molar refractivity (Wildman–Crippen MR) is 84.6 cm³/mol. The molecule has 0 saturated carbocycles. The molecule has 0 heterocycles. The van der Waals surface area contributed by atoms with Crippen LogP contribution in [-0.4, -0.2) is 23.1 Å². The summed E-state index contributed by atoms with van der Waals surface area (Å²) in [7, 11) is 1.34. The Morgan fingerprint density at radius 1 is 1.17 bits per heavy atom. The molecule has 0 unspecified atom stereocenters. The number of phenols is 1. The van der Waals surface area contributed by atoms with Crippen LogP contribution in [0.25, 0.3) is 0 Å². The van der Waals surface area contributed by atoms with Crippen LogP contribution in [0.3, 0.4) is 0 Å². The molecule has 0 aliphatic heterocycles. The molecule has 0 fully saturated rings. The average molecular weight is 315 g/mol. The number of carbonyl (C=O) groups is 1. The number of carbonyl (C=O) groups excluding carboxylic acids is 1. The highest BCUT2D eigenvalue weighted by Crippen LogP contribution is 2.24. The summed E-state index contributed by atoms with van der Waals surface area (Å²) in [6.07, 6.45) is 2.00. The third kappa shape index (κ3) is 4.29. The number of aryl methyl sites for hydroxylation is 2. The van der Waals surface area contributed by atoms with Crippen LogP contribution in [-0.2, 0) is 17.6 Å². The summed E-state index contributed by atoms with van der Waals surface area (Å²) in [6, 6.07) is 11.1. The van der Waals surface area contributed by atoms with Crippen molar-refractivity contribution in [3.8, 4) is 5.75 Å². The molecule has 2 rings (SSSR count). The molecule has 0 saturated heterocycles. The van der Waals surface area contributed by atoms with Crippen molar-refractivity contribution < 1.29 is 19.6 Å². The Balaban J connectivity index is 1.96. The van der Waals surface area contributed by atoms with E-state index < -0.39 is 4.92 Å². The molecular formula is C17H17NO5. The number of nitro benzene ring substituents is 1. The summed E-state index contributed by atoms with van der Waals surface area (Å²) in [5, 5.41) is 20.5. The number of esters is 1. The largest absolute Gasteiger partial charge is 0.508 e. The van der Waals surface area contributed by atoms with Crippen LogP contribution in [0.5, 0.6) is 5.75 Å². The highest BCUT2D eigenvalue weighted by molar-refractivity contribution is 5.89. The molecule has 0 aliphatic carbocycles. The number of aromatic hydroxyl groups is 1. The molecule has 6 heteroatoms. The van der Waals surface area contributed by atoms with E-state index in [4.69, 9.17) is 0 Å². The summed E-state index contributed by atoms with van der Waals surface area (Å²) < 4.78 is 4.64. The monoisotopic (exact) mass is 315 g/mol. The molecule has 0 bridgehead atoms. The second kappa shape index (κ2) is 7.40. The average Bonchev–Trinajstić information content (AvgIpc) is 2.56. The lowest BCUT2D eigenvalue weighted by Crippen LogP contribution is -2.01. The number of ether oxygens (including phenoxy) is 1. The van der Waals surface area contributed by atoms with Crippen LogP contribution in [0.15, 0.2) is 42.5 Å². The van der Waals surface area contributed by atoms with Gasteiger partial charge in [-0.05, 0) is 43.0 Å². The van der Waals surface area contributed by atoms with Gasteiger partial charge >= 0.3 is 5.97 Å². The SMILES string of the molecule is COC(=O)c1ccc(CCCc2cc([N+](=O)[O-])ccc2O)cc1. The van der Waals surface area contributed by atoms with Crippen molar-refractivity contribution in [3.05, 3.63) is 69.3 Å². The molecular weight excluding hydrogens is 298 g/mol. The maximum Gasteiger partial charge on any atom is 0.337 e. The Hall–Kier alpha value is -2.89. The van der Waals surface area contributed by atoms with Gasteiger partial charge in [0.1, 0.15) is 5.75 Å². The zero-order valence-corrected chi connectivity index (χ0v) is 12.7. The number of methoxy groups -OCH3 is 1. The van der Waals surface area contributed by atoms with Crippen LogP contribution in [0.2, 0.25) is 0 Å². The second-order valence-corrected chi connectivity index (χ2v) is 5.11. The normalized spacial score (nSPS) is 10.3. The molecule has 0 atom stereocenters. The number of hydrogen-bond donors (Lipinski definition) is 1. The molecule has 0 spiro atoms. The fourth-order valence-corrected chi connectivity index (χ4v) is 2.29. The topological polar surface area (TPSA) is 89.7 Å². The zero-order chi connectivity index (χ0) is 16.8. The Morgan fingerprint density at radius 3 is 2.48 bits per heavy atom. The van der Waals surface area contributed by atoms with E-state index in [9.17, 15) is 20.0 Å². The highest BCUT2D eigenvalue weighted by Gasteiger charge is 2.10. The van der Waals surface area contributed by atoms with Crippen molar-refractivity contribution in [1.29, 1.82) is 0 Å². The molecule has 2 aromatic rings. The maximum absolute atomic E-state index is 11.3. The first-order valence-corrected chi connectivity index (χ1v) is 7.15. The first-order valence-electron chi connectivity index (χ1n) is 7.15. The maximum atomic E-state index is 11.3. The molecule has 23 heavy (non-hydrogen) atoms. The van der Waals surface area contributed by atoms with E-state index in [0.29, 0.717) is 17.5 Å². The first-order chi connectivity index (χ1) is 11.0. The van der Waals surface area contributed by atoms with Crippen molar-refractivity contribution in [1.82, 2.24) is 0 Å². The predicted octanol–water partition coefficient (Wildman–Crippen LogP) is 3.26. The van der Waals surface area contributed by atoms with Gasteiger partial charge in [0.15, 0.2) is 0 Å². The van der Waals surface area contributed by atoms with Crippen molar-refractivity contribution in [2.45, 2.75) is 19.3 Å². The molecule has 1 N–H and O–H groups in total. The fourth-order valence-electron chi connectivity index (χ4n) is 2.29. The van der Waals surface area contributed by atoms with Crippen LogP contribution < -0.4 is 0 Å². The second-order valence-electron chi connectivity index (χ2n) is 5.11. The van der Waals surface area contributed by atoms with Gasteiger partial charge in [-0.3, -0.25) is 10.1 Å². The van der Waals surface area contributed by atoms with Gasteiger partial charge in [-0.2, -0.15) is 0 Å². The summed E-state index contributed by atoms with van der Waals surface area (Å²) in [4.78, 5) is 21.6. The van der Waals surface area contributed by atoms with Gasteiger partial charge in [-0.15, -0.1) is 0 Å². The van der Waals surface area contributed by atoms with Gasteiger partial charge in [0, 0.05) is 17.7 Å².